The van der Waals surface area contributed by atoms with Crippen LogP contribution in [0.2, 0.25) is 5.02 Å². The zero-order valence-electron chi connectivity index (χ0n) is 16.0. The summed E-state index contributed by atoms with van der Waals surface area (Å²) in [5, 5.41) is 6.64. The number of ether oxygens (including phenoxy) is 2. The van der Waals surface area contributed by atoms with E-state index in [4.69, 9.17) is 21.1 Å². The van der Waals surface area contributed by atoms with Crippen LogP contribution in [0.25, 0.3) is 0 Å². The fraction of sp³-hybridized carbons (Fsp3) is 0.333. The van der Waals surface area contributed by atoms with Gasteiger partial charge in [0.05, 0.1) is 19.8 Å². The fourth-order valence-electron chi connectivity index (χ4n) is 2.89. The van der Waals surface area contributed by atoms with Crippen molar-refractivity contribution in [3.63, 3.8) is 0 Å². The van der Waals surface area contributed by atoms with Gasteiger partial charge in [-0.05, 0) is 55.7 Å². The number of anilines is 1. The van der Waals surface area contributed by atoms with Crippen LogP contribution >= 0.6 is 11.6 Å². The summed E-state index contributed by atoms with van der Waals surface area (Å²) in [7, 11) is 1.56. The normalized spacial score (nSPS) is 16.7. The van der Waals surface area contributed by atoms with Crippen molar-refractivity contribution in [2.24, 2.45) is 4.99 Å². The number of amides is 1. The summed E-state index contributed by atoms with van der Waals surface area (Å²) in [6, 6.07) is 12.5. The second-order valence-corrected chi connectivity index (χ2v) is 7.03. The van der Waals surface area contributed by atoms with Gasteiger partial charge in [0.25, 0.3) is 5.91 Å². The van der Waals surface area contributed by atoms with Crippen LogP contribution < -0.4 is 15.4 Å². The van der Waals surface area contributed by atoms with E-state index in [-0.39, 0.29) is 12.0 Å². The van der Waals surface area contributed by atoms with Crippen molar-refractivity contribution in [1.29, 1.82) is 0 Å². The molecule has 1 atom stereocenters. The van der Waals surface area contributed by atoms with Crippen LogP contribution in [0, 0.1) is 6.92 Å². The van der Waals surface area contributed by atoms with E-state index in [1.165, 1.54) is 0 Å². The summed E-state index contributed by atoms with van der Waals surface area (Å²) >= 11 is 6.11. The van der Waals surface area contributed by atoms with Crippen LogP contribution in [0.3, 0.4) is 0 Å². The number of methoxy groups -OCH3 is 1. The Morgan fingerprint density at radius 2 is 2.18 bits per heavy atom. The highest BCUT2D eigenvalue weighted by molar-refractivity contribution is 6.31. The number of hydrogen-bond donors (Lipinski definition) is 2. The smallest absolute Gasteiger partial charge is 0.258 e. The lowest BCUT2D eigenvalue weighted by atomic mass is 10.2. The number of carbonyl (C=O) groups is 1. The number of guanidine groups is 1. The Kier molecular flexibility index (Phi) is 6.90. The van der Waals surface area contributed by atoms with Crippen LogP contribution in [0.4, 0.5) is 5.69 Å². The maximum absolute atomic E-state index is 12.7. The fourth-order valence-corrected chi connectivity index (χ4v) is 3.06. The third kappa shape index (κ3) is 5.47. The Labute approximate surface area is 169 Å². The van der Waals surface area contributed by atoms with E-state index in [2.05, 4.69) is 15.6 Å². The van der Waals surface area contributed by atoms with Crippen LogP contribution in [0.15, 0.2) is 47.5 Å². The van der Waals surface area contributed by atoms with Crippen molar-refractivity contribution in [1.82, 2.24) is 5.32 Å². The van der Waals surface area contributed by atoms with Crippen molar-refractivity contribution in [3.8, 4) is 5.75 Å². The van der Waals surface area contributed by atoms with E-state index in [0.29, 0.717) is 28.8 Å². The second kappa shape index (κ2) is 9.57. The summed E-state index contributed by atoms with van der Waals surface area (Å²) in [6.45, 7) is 3.19. The average molecular weight is 402 g/mol. The van der Waals surface area contributed by atoms with Crippen molar-refractivity contribution < 1.29 is 14.3 Å². The van der Waals surface area contributed by atoms with Crippen molar-refractivity contribution in [2.75, 3.05) is 25.6 Å². The lowest BCUT2D eigenvalue weighted by Crippen LogP contribution is -2.37. The maximum Gasteiger partial charge on any atom is 0.258 e. The van der Waals surface area contributed by atoms with E-state index in [1.54, 1.807) is 37.4 Å². The first-order chi connectivity index (χ1) is 13.5. The standard InChI is InChI=1S/C21H24ClN3O3/c1-14-8-9-16(22)12-19(14)24-21(23-13-18-7-4-10-28-18)25-20(26)15-5-3-6-17(11-15)27-2/h3,5-6,8-9,11-12,18H,4,7,10,13H2,1-2H3,(H2,23,24,25,26)/t18-/m1/s1. The first-order valence-electron chi connectivity index (χ1n) is 9.20. The van der Waals surface area contributed by atoms with Gasteiger partial charge in [0.15, 0.2) is 0 Å². The third-order valence-electron chi connectivity index (χ3n) is 4.49. The molecule has 6 nitrogen and oxygen atoms in total. The number of rotatable bonds is 5. The third-order valence-corrected chi connectivity index (χ3v) is 4.73. The number of aryl methyl sites for hydroxylation is 1. The van der Waals surface area contributed by atoms with Crippen molar-refractivity contribution >= 4 is 29.2 Å². The van der Waals surface area contributed by atoms with E-state index in [1.807, 2.05) is 19.1 Å². The summed E-state index contributed by atoms with van der Waals surface area (Å²) in [5.41, 5.74) is 2.25. The van der Waals surface area contributed by atoms with E-state index in [9.17, 15) is 4.79 Å². The van der Waals surface area contributed by atoms with E-state index < -0.39 is 0 Å². The molecule has 1 saturated heterocycles. The number of halogens is 1. The predicted molar refractivity (Wildman–Crippen MR) is 112 cm³/mol. The number of aliphatic imine (C=N–C) groups is 1. The Bertz CT molecular complexity index is 864. The van der Waals surface area contributed by atoms with E-state index >= 15 is 0 Å². The topological polar surface area (TPSA) is 72.0 Å². The largest absolute Gasteiger partial charge is 0.497 e. The monoisotopic (exact) mass is 401 g/mol. The summed E-state index contributed by atoms with van der Waals surface area (Å²) < 4.78 is 10.8. The predicted octanol–water partition coefficient (Wildman–Crippen LogP) is 4.03. The molecule has 1 aliphatic rings. The lowest BCUT2D eigenvalue weighted by Gasteiger charge is -2.15. The van der Waals surface area contributed by atoms with Gasteiger partial charge in [0, 0.05) is 22.9 Å². The minimum atomic E-state index is -0.280. The van der Waals surface area contributed by atoms with Gasteiger partial charge in [0.2, 0.25) is 5.96 Å². The molecule has 0 radical (unpaired) electrons. The molecular weight excluding hydrogens is 378 g/mol. The van der Waals surface area contributed by atoms with E-state index in [0.717, 1.165) is 30.7 Å². The molecule has 0 spiro atoms. The molecule has 0 saturated carbocycles. The lowest BCUT2D eigenvalue weighted by molar-refractivity contribution is 0.0975. The zero-order chi connectivity index (χ0) is 19.9. The summed E-state index contributed by atoms with van der Waals surface area (Å²) in [6.07, 6.45) is 2.08. The molecule has 3 rings (SSSR count). The molecule has 2 aromatic rings. The van der Waals surface area contributed by atoms with Gasteiger partial charge in [-0.25, -0.2) is 4.99 Å². The molecule has 1 heterocycles. The molecule has 2 N–H and O–H groups in total. The molecule has 148 valence electrons. The number of benzene rings is 2. The molecule has 1 aliphatic heterocycles. The van der Waals surface area contributed by atoms with Gasteiger partial charge < -0.3 is 14.8 Å². The molecule has 0 aromatic heterocycles. The highest BCUT2D eigenvalue weighted by atomic mass is 35.5. The number of nitrogens with one attached hydrogen (secondary N) is 2. The van der Waals surface area contributed by atoms with Gasteiger partial charge in [-0.2, -0.15) is 0 Å². The summed E-state index contributed by atoms with van der Waals surface area (Å²) in [4.78, 5) is 17.3. The zero-order valence-corrected chi connectivity index (χ0v) is 16.8. The van der Waals surface area contributed by atoms with Crippen LogP contribution in [0.1, 0.15) is 28.8 Å². The van der Waals surface area contributed by atoms with Crippen LogP contribution in [-0.2, 0) is 4.74 Å². The molecule has 1 fully saturated rings. The van der Waals surface area contributed by atoms with Gasteiger partial charge >= 0.3 is 0 Å². The van der Waals surface area contributed by atoms with Crippen LogP contribution in [-0.4, -0.2) is 38.2 Å². The summed E-state index contributed by atoms with van der Waals surface area (Å²) in [5.74, 6) is 0.690. The highest BCUT2D eigenvalue weighted by Crippen LogP contribution is 2.20. The Balaban J connectivity index is 1.79. The van der Waals surface area contributed by atoms with Gasteiger partial charge in [-0.3, -0.25) is 10.1 Å². The number of carbonyl (C=O) groups excluding carboxylic acids is 1. The second-order valence-electron chi connectivity index (χ2n) is 6.59. The molecule has 1 amide bonds. The minimum absolute atomic E-state index is 0.0750. The van der Waals surface area contributed by atoms with Crippen LogP contribution in [0.5, 0.6) is 5.75 Å². The molecule has 0 aliphatic carbocycles. The Hall–Kier alpha value is -2.57. The molecule has 28 heavy (non-hydrogen) atoms. The van der Waals surface area contributed by atoms with Crippen molar-refractivity contribution in [3.05, 3.63) is 58.6 Å². The van der Waals surface area contributed by atoms with Crippen molar-refractivity contribution in [2.45, 2.75) is 25.9 Å². The first-order valence-corrected chi connectivity index (χ1v) is 9.57. The highest BCUT2D eigenvalue weighted by Gasteiger charge is 2.16. The van der Waals surface area contributed by atoms with Gasteiger partial charge in [0.1, 0.15) is 5.75 Å². The maximum atomic E-state index is 12.7. The SMILES string of the molecule is COc1cccc(C(=O)NC(=NC[C@H]2CCCO2)Nc2cc(Cl)ccc2C)c1. The molecule has 0 unspecified atom stereocenters. The quantitative estimate of drug-likeness (QED) is 0.586. The molecular formula is C21H24ClN3O3. The van der Waals surface area contributed by atoms with Gasteiger partial charge in [-0.1, -0.05) is 23.7 Å². The molecule has 7 heteroatoms. The number of nitrogens with zero attached hydrogens (tertiary/aromatic N) is 1. The molecule has 2 aromatic carbocycles. The first kappa shape index (κ1) is 20.2. The molecule has 0 bridgehead atoms. The van der Waals surface area contributed by atoms with Gasteiger partial charge in [-0.15, -0.1) is 0 Å². The Morgan fingerprint density at radius 3 is 2.93 bits per heavy atom. The average Bonchev–Trinajstić information content (AvgIpc) is 3.22. The minimum Gasteiger partial charge on any atom is -0.497 e. The number of hydrogen-bond acceptors (Lipinski definition) is 4. The Morgan fingerprint density at radius 1 is 1.32 bits per heavy atom.